The van der Waals surface area contributed by atoms with E-state index in [9.17, 15) is 4.79 Å². The second kappa shape index (κ2) is 12.5. The molecule has 0 unspecified atom stereocenters. The van der Waals surface area contributed by atoms with E-state index in [2.05, 4.69) is 26.0 Å². The molecule has 0 radical (unpaired) electrons. The third-order valence-electron chi connectivity index (χ3n) is 1.93. The summed E-state index contributed by atoms with van der Waals surface area (Å²) in [5.41, 5.74) is 1.32. The molecular weight excluding hydrogens is 212 g/mol. The van der Waals surface area contributed by atoms with Crippen LogP contribution in [-0.4, -0.2) is 34.1 Å². The van der Waals surface area contributed by atoms with E-state index in [1.807, 2.05) is 18.2 Å². The van der Waals surface area contributed by atoms with Gasteiger partial charge >= 0.3 is 29.0 Å². The maximum Gasteiger partial charge on any atom is 2.00 e. The summed E-state index contributed by atoms with van der Waals surface area (Å²) >= 11 is 0. The molecule has 0 aliphatic rings. The Kier molecular flexibility index (Phi) is 14.0. The van der Waals surface area contributed by atoms with E-state index >= 15 is 0 Å². The first kappa shape index (κ1) is 17.8. The smallest absolute Gasteiger partial charge is 1.00 e. The van der Waals surface area contributed by atoms with Gasteiger partial charge in [0.2, 0.25) is 0 Å². The standard InChI is InChI=1S/C7H8.C6H12O2.Mg.2H/c1-7-5-3-2-4-6-7;1-2-3-4-5-6(7)8;;;/h2-6H,1H3;2-5H2,1H3,(H,7,8);;;/q;;+2;2*-1. The molecule has 88 valence electrons. The molecule has 3 heteroatoms. The van der Waals surface area contributed by atoms with Crippen LogP contribution in [0, 0.1) is 6.92 Å². The quantitative estimate of drug-likeness (QED) is 0.640. The molecule has 0 fully saturated rings. The molecule has 1 rings (SSSR count). The number of carbonyl (C=O) groups is 1. The number of rotatable bonds is 4. The molecule has 0 aromatic heterocycles. The summed E-state index contributed by atoms with van der Waals surface area (Å²) in [6, 6.07) is 10.3. The molecule has 0 bridgehead atoms. The Morgan fingerprint density at radius 1 is 1.25 bits per heavy atom. The first-order valence-electron chi connectivity index (χ1n) is 5.40. The zero-order chi connectivity index (χ0) is 11.5. The van der Waals surface area contributed by atoms with Gasteiger partial charge in [-0.2, -0.15) is 0 Å². The minimum Gasteiger partial charge on any atom is -1.00 e. The van der Waals surface area contributed by atoms with Crippen LogP contribution in [0.15, 0.2) is 30.3 Å². The summed E-state index contributed by atoms with van der Waals surface area (Å²) in [5.74, 6) is -0.682. The summed E-state index contributed by atoms with van der Waals surface area (Å²) in [6.07, 6.45) is 3.28. The Bertz CT molecular complexity index is 269. The van der Waals surface area contributed by atoms with Crippen molar-refractivity contribution in [1.82, 2.24) is 0 Å². The van der Waals surface area contributed by atoms with Crippen molar-refractivity contribution < 1.29 is 12.8 Å². The zero-order valence-corrected chi connectivity index (χ0v) is 11.7. The average molecular weight is 235 g/mol. The predicted molar refractivity (Wildman–Crippen MR) is 70.9 cm³/mol. The molecule has 0 aliphatic heterocycles. The van der Waals surface area contributed by atoms with Crippen molar-refractivity contribution in [2.24, 2.45) is 0 Å². The molecule has 1 aromatic carbocycles. The van der Waals surface area contributed by atoms with Crippen LogP contribution in [0.5, 0.6) is 0 Å². The average Bonchev–Trinajstić information content (AvgIpc) is 2.20. The van der Waals surface area contributed by atoms with Gasteiger partial charge in [-0.15, -0.1) is 0 Å². The molecule has 1 N–H and O–H groups in total. The van der Waals surface area contributed by atoms with Crippen molar-refractivity contribution in [2.45, 2.75) is 39.5 Å². The van der Waals surface area contributed by atoms with Crippen molar-refractivity contribution in [3.8, 4) is 0 Å². The first-order chi connectivity index (χ1) is 7.16. The largest absolute Gasteiger partial charge is 2.00 e. The number of carboxylic acids is 1. The van der Waals surface area contributed by atoms with Gasteiger partial charge in [0.1, 0.15) is 0 Å². The van der Waals surface area contributed by atoms with Crippen molar-refractivity contribution in [3.63, 3.8) is 0 Å². The Morgan fingerprint density at radius 3 is 2.12 bits per heavy atom. The Balaban J connectivity index is -0.0000000935. The minimum atomic E-state index is -0.682. The van der Waals surface area contributed by atoms with Crippen LogP contribution in [0.3, 0.4) is 0 Å². The first-order valence-corrected chi connectivity index (χ1v) is 5.40. The number of aliphatic carboxylic acids is 1. The number of hydrogen-bond donors (Lipinski definition) is 1. The molecular formula is C13H22MgO2. The molecule has 0 aliphatic carbocycles. The van der Waals surface area contributed by atoms with E-state index < -0.39 is 5.97 Å². The predicted octanol–water partition coefficient (Wildman–Crippen LogP) is 3.49. The van der Waals surface area contributed by atoms with E-state index in [0.717, 1.165) is 19.3 Å². The molecule has 0 amide bonds. The van der Waals surface area contributed by atoms with Crippen molar-refractivity contribution >= 4 is 29.0 Å². The minimum absolute atomic E-state index is 0. The van der Waals surface area contributed by atoms with E-state index in [4.69, 9.17) is 5.11 Å². The molecule has 0 spiro atoms. The molecule has 0 saturated heterocycles. The summed E-state index contributed by atoms with van der Waals surface area (Å²) in [7, 11) is 0. The van der Waals surface area contributed by atoms with Crippen LogP contribution in [0.2, 0.25) is 0 Å². The number of aryl methyl sites for hydroxylation is 1. The topological polar surface area (TPSA) is 37.3 Å². The molecule has 0 heterocycles. The fourth-order valence-corrected chi connectivity index (χ4v) is 1.06. The Hall–Kier alpha value is -0.544. The van der Waals surface area contributed by atoms with Crippen molar-refractivity contribution in [3.05, 3.63) is 35.9 Å². The molecule has 1 aromatic rings. The molecule has 16 heavy (non-hydrogen) atoms. The van der Waals surface area contributed by atoms with E-state index in [1.165, 1.54) is 5.56 Å². The van der Waals surface area contributed by atoms with Crippen LogP contribution >= 0.6 is 0 Å². The monoisotopic (exact) mass is 234 g/mol. The fraction of sp³-hybridized carbons (Fsp3) is 0.462. The van der Waals surface area contributed by atoms with Gasteiger partial charge in [-0.3, -0.25) is 4.79 Å². The van der Waals surface area contributed by atoms with E-state index in [1.54, 1.807) is 0 Å². The van der Waals surface area contributed by atoms with Gasteiger partial charge in [-0.1, -0.05) is 55.7 Å². The summed E-state index contributed by atoms with van der Waals surface area (Å²) in [4.78, 5) is 9.87. The molecule has 0 atom stereocenters. The van der Waals surface area contributed by atoms with E-state index in [0.29, 0.717) is 6.42 Å². The maximum atomic E-state index is 9.87. The van der Waals surface area contributed by atoms with Gasteiger partial charge in [0.15, 0.2) is 0 Å². The number of hydrogen-bond acceptors (Lipinski definition) is 1. The SMILES string of the molecule is CCCCCC(=O)O.Cc1ccccc1.[H-].[H-].[Mg+2]. The molecule has 0 saturated carbocycles. The summed E-state index contributed by atoms with van der Waals surface area (Å²) in [5, 5.41) is 8.14. The third-order valence-corrected chi connectivity index (χ3v) is 1.93. The van der Waals surface area contributed by atoms with E-state index in [-0.39, 0.29) is 25.9 Å². The van der Waals surface area contributed by atoms with Crippen LogP contribution in [0.4, 0.5) is 0 Å². The number of benzene rings is 1. The normalized spacial score (nSPS) is 8.38. The van der Waals surface area contributed by atoms with Gasteiger partial charge in [-0.05, 0) is 13.3 Å². The Morgan fingerprint density at radius 2 is 1.81 bits per heavy atom. The van der Waals surface area contributed by atoms with Crippen LogP contribution in [-0.2, 0) is 4.79 Å². The van der Waals surface area contributed by atoms with Crippen LogP contribution in [0.1, 0.15) is 41.0 Å². The van der Waals surface area contributed by atoms with Crippen LogP contribution in [0.25, 0.3) is 0 Å². The summed E-state index contributed by atoms with van der Waals surface area (Å²) in [6.45, 7) is 4.14. The maximum absolute atomic E-state index is 9.87. The zero-order valence-electron chi connectivity index (χ0n) is 12.3. The van der Waals surface area contributed by atoms with Crippen LogP contribution < -0.4 is 0 Å². The Labute approximate surface area is 117 Å². The number of unbranched alkanes of at least 4 members (excludes halogenated alkanes) is 2. The second-order valence-electron chi connectivity index (χ2n) is 3.51. The number of carboxylic acid groups (broad SMARTS) is 1. The van der Waals surface area contributed by atoms with Gasteiger partial charge < -0.3 is 7.96 Å². The second-order valence-corrected chi connectivity index (χ2v) is 3.51. The van der Waals surface area contributed by atoms with Gasteiger partial charge in [0, 0.05) is 6.42 Å². The third kappa shape index (κ3) is 13.5. The van der Waals surface area contributed by atoms with Gasteiger partial charge in [-0.25, -0.2) is 0 Å². The van der Waals surface area contributed by atoms with Gasteiger partial charge in [0.05, 0.1) is 0 Å². The van der Waals surface area contributed by atoms with Gasteiger partial charge in [0.25, 0.3) is 0 Å². The fourth-order valence-electron chi connectivity index (χ4n) is 1.06. The van der Waals surface area contributed by atoms with Crippen molar-refractivity contribution in [1.29, 1.82) is 0 Å². The van der Waals surface area contributed by atoms with Crippen molar-refractivity contribution in [2.75, 3.05) is 0 Å². The molecule has 2 nitrogen and oxygen atoms in total. The summed E-state index contributed by atoms with van der Waals surface area (Å²) < 4.78 is 0.